The molecule has 54 valence electrons. The Kier molecular flexibility index (Phi) is 2.97. The predicted molar refractivity (Wildman–Crippen MR) is 34.0 cm³/mol. The van der Waals surface area contributed by atoms with Crippen molar-refractivity contribution in [2.24, 2.45) is 0 Å². The minimum Gasteiger partial charge on any atom is -0.381 e. The van der Waals surface area contributed by atoms with Crippen LogP contribution in [0, 0.1) is 0 Å². The van der Waals surface area contributed by atoms with Gasteiger partial charge < -0.3 is 9.57 Å². The number of nitrogens with one attached hydrogen (secondary N) is 1. The first-order chi connectivity index (χ1) is 4.43. The van der Waals surface area contributed by atoms with Gasteiger partial charge in [-0.2, -0.15) is 5.48 Å². The summed E-state index contributed by atoms with van der Waals surface area (Å²) in [6.45, 7) is 1.72. The molecule has 1 aliphatic heterocycles. The zero-order valence-electron chi connectivity index (χ0n) is 5.72. The molecule has 3 heteroatoms. The van der Waals surface area contributed by atoms with Gasteiger partial charge in [0.1, 0.15) is 0 Å². The van der Waals surface area contributed by atoms with Crippen LogP contribution in [0.1, 0.15) is 12.8 Å². The molecule has 1 heterocycles. The van der Waals surface area contributed by atoms with E-state index in [2.05, 4.69) is 5.48 Å². The molecule has 0 aliphatic carbocycles. The van der Waals surface area contributed by atoms with Crippen molar-refractivity contribution in [3.8, 4) is 0 Å². The van der Waals surface area contributed by atoms with E-state index >= 15 is 0 Å². The lowest BCUT2D eigenvalue weighted by Gasteiger charge is -2.21. The van der Waals surface area contributed by atoms with E-state index in [9.17, 15) is 0 Å². The van der Waals surface area contributed by atoms with Gasteiger partial charge in [0.05, 0.1) is 7.11 Å². The molecule has 0 bridgehead atoms. The molecule has 1 fully saturated rings. The maximum atomic E-state index is 5.15. The fourth-order valence-corrected chi connectivity index (χ4v) is 0.982. The summed E-state index contributed by atoms with van der Waals surface area (Å²) in [5.74, 6) is 0. The molecule has 9 heavy (non-hydrogen) atoms. The van der Waals surface area contributed by atoms with Gasteiger partial charge in [0, 0.05) is 19.3 Å². The lowest BCUT2D eigenvalue weighted by molar-refractivity contribution is 0.00424. The summed E-state index contributed by atoms with van der Waals surface area (Å²) in [6, 6.07) is 0.503. The average Bonchev–Trinajstić information content (AvgIpc) is 1.91. The number of hydrogen-bond acceptors (Lipinski definition) is 3. The molecule has 0 amide bonds. The normalized spacial score (nSPS) is 22.3. The van der Waals surface area contributed by atoms with E-state index < -0.39 is 0 Å². The molecule has 1 aliphatic rings. The van der Waals surface area contributed by atoms with Crippen molar-refractivity contribution < 1.29 is 9.57 Å². The van der Waals surface area contributed by atoms with E-state index in [1.54, 1.807) is 7.11 Å². The van der Waals surface area contributed by atoms with Crippen molar-refractivity contribution in [3.63, 3.8) is 0 Å². The van der Waals surface area contributed by atoms with E-state index in [0.29, 0.717) is 6.04 Å². The Balaban J connectivity index is 2.08. The molecule has 1 N–H and O–H groups in total. The van der Waals surface area contributed by atoms with E-state index in [1.807, 2.05) is 0 Å². The minimum absolute atomic E-state index is 0.503. The maximum absolute atomic E-state index is 5.15. The Morgan fingerprint density at radius 3 is 2.67 bits per heavy atom. The van der Waals surface area contributed by atoms with Gasteiger partial charge in [0.15, 0.2) is 0 Å². The molecular weight excluding hydrogens is 118 g/mol. The van der Waals surface area contributed by atoms with Gasteiger partial charge in [-0.15, -0.1) is 0 Å². The van der Waals surface area contributed by atoms with E-state index in [1.165, 1.54) is 0 Å². The third-order valence-electron chi connectivity index (χ3n) is 1.51. The van der Waals surface area contributed by atoms with Crippen molar-refractivity contribution in [1.82, 2.24) is 5.48 Å². The summed E-state index contributed by atoms with van der Waals surface area (Å²) in [7, 11) is 1.65. The van der Waals surface area contributed by atoms with Gasteiger partial charge in [-0.25, -0.2) is 0 Å². The zero-order chi connectivity index (χ0) is 6.53. The second-order valence-electron chi connectivity index (χ2n) is 2.21. The summed E-state index contributed by atoms with van der Waals surface area (Å²) in [4.78, 5) is 4.78. The Hall–Kier alpha value is -0.120. The van der Waals surface area contributed by atoms with Crippen LogP contribution >= 0.6 is 0 Å². The number of hydrogen-bond donors (Lipinski definition) is 1. The number of ether oxygens (including phenoxy) is 1. The second kappa shape index (κ2) is 3.82. The molecular formula is C6H13NO2. The standard InChI is InChI=1S/C6H13NO2/c1-8-7-6-2-4-9-5-3-6/h6-7H,2-5H2,1H3. The molecule has 0 aromatic heterocycles. The average molecular weight is 131 g/mol. The zero-order valence-corrected chi connectivity index (χ0v) is 5.72. The summed E-state index contributed by atoms with van der Waals surface area (Å²) in [5, 5.41) is 0. The fourth-order valence-electron chi connectivity index (χ4n) is 0.982. The van der Waals surface area contributed by atoms with Gasteiger partial charge in [-0.05, 0) is 12.8 Å². The summed E-state index contributed by atoms with van der Waals surface area (Å²) in [5.41, 5.74) is 2.90. The van der Waals surface area contributed by atoms with Crippen LogP contribution in [0.25, 0.3) is 0 Å². The molecule has 3 nitrogen and oxygen atoms in total. The molecule has 0 atom stereocenters. The Bertz CT molecular complexity index is 68.7. The van der Waals surface area contributed by atoms with Crippen molar-refractivity contribution in [2.45, 2.75) is 18.9 Å². The molecule has 0 saturated carbocycles. The van der Waals surface area contributed by atoms with Crippen molar-refractivity contribution in [3.05, 3.63) is 0 Å². The first-order valence-corrected chi connectivity index (χ1v) is 3.29. The lowest BCUT2D eigenvalue weighted by Crippen LogP contribution is -2.33. The molecule has 1 rings (SSSR count). The quantitative estimate of drug-likeness (QED) is 0.547. The Labute approximate surface area is 55.3 Å². The van der Waals surface area contributed by atoms with Crippen molar-refractivity contribution >= 4 is 0 Å². The monoisotopic (exact) mass is 131 g/mol. The van der Waals surface area contributed by atoms with Crippen molar-refractivity contribution in [1.29, 1.82) is 0 Å². The molecule has 0 aromatic carbocycles. The van der Waals surface area contributed by atoms with Crippen LogP contribution in [0.4, 0.5) is 0 Å². The van der Waals surface area contributed by atoms with Gasteiger partial charge in [-0.3, -0.25) is 0 Å². The molecule has 0 unspecified atom stereocenters. The molecule has 0 aromatic rings. The Morgan fingerprint density at radius 2 is 2.11 bits per heavy atom. The smallest absolute Gasteiger partial charge is 0.0572 e. The highest BCUT2D eigenvalue weighted by Crippen LogP contribution is 2.04. The first-order valence-electron chi connectivity index (χ1n) is 3.29. The van der Waals surface area contributed by atoms with Gasteiger partial charge >= 0.3 is 0 Å². The van der Waals surface area contributed by atoms with E-state index in [-0.39, 0.29) is 0 Å². The highest BCUT2D eigenvalue weighted by molar-refractivity contribution is 4.65. The number of rotatable bonds is 2. The van der Waals surface area contributed by atoms with Crippen LogP contribution in [-0.4, -0.2) is 26.4 Å². The third kappa shape index (κ3) is 2.30. The molecule has 0 radical (unpaired) electrons. The van der Waals surface area contributed by atoms with Crippen molar-refractivity contribution in [2.75, 3.05) is 20.3 Å². The van der Waals surface area contributed by atoms with Gasteiger partial charge in [0.2, 0.25) is 0 Å². The summed E-state index contributed by atoms with van der Waals surface area (Å²) in [6.07, 6.45) is 2.13. The minimum atomic E-state index is 0.503. The highest BCUT2D eigenvalue weighted by atomic mass is 16.6. The lowest BCUT2D eigenvalue weighted by atomic mass is 10.1. The van der Waals surface area contributed by atoms with Crippen LogP contribution in [0.5, 0.6) is 0 Å². The van der Waals surface area contributed by atoms with Crippen LogP contribution in [0.3, 0.4) is 0 Å². The largest absolute Gasteiger partial charge is 0.381 e. The SMILES string of the molecule is CONC1CCOCC1. The maximum Gasteiger partial charge on any atom is 0.0572 e. The summed E-state index contributed by atoms with van der Waals surface area (Å²) < 4.78 is 5.15. The topological polar surface area (TPSA) is 30.5 Å². The second-order valence-corrected chi connectivity index (χ2v) is 2.21. The third-order valence-corrected chi connectivity index (χ3v) is 1.51. The van der Waals surface area contributed by atoms with Crippen LogP contribution < -0.4 is 5.48 Å². The van der Waals surface area contributed by atoms with Gasteiger partial charge in [0.25, 0.3) is 0 Å². The van der Waals surface area contributed by atoms with Crippen LogP contribution in [0.15, 0.2) is 0 Å². The number of hydroxylamine groups is 1. The van der Waals surface area contributed by atoms with E-state index in [0.717, 1.165) is 26.1 Å². The Morgan fingerprint density at radius 1 is 1.44 bits per heavy atom. The predicted octanol–water partition coefficient (Wildman–Crippen LogP) is 0.316. The first kappa shape index (κ1) is 6.99. The summed E-state index contributed by atoms with van der Waals surface area (Å²) >= 11 is 0. The van der Waals surface area contributed by atoms with Crippen LogP contribution in [0.2, 0.25) is 0 Å². The van der Waals surface area contributed by atoms with E-state index in [4.69, 9.17) is 9.57 Å². The molecule has 1 saturated heterocycles. The van der Waals surface area contributed by atoms with Crippen LogP contribution in [-0.2, 0) is 9.57 Å². The highest BCUT2D eigenvalue weighted by Gasteiger charge is 2.11. The fraction of sp³-hybridized carbons (Fsp3) is 1.00. The molecule has 0 spiro atoms. The van der Waals surface area contributed by atoms with Gasteiger partial charge in [-0.1, -0.05) is 0 Å².